The quantitative estimate of drug-likeness (QED) is 0.729. The van der Waals surface area contributed by atoms with Crippen LogP contribution < -0.4 is 0 Å². The molecule has 1 aliphatic rings. The van der Waals surface area contributed by atoms with E-state index in [-0.39, 0.29) is 5.92 Å². The minimum Gasteiger partial charge on any atom is -0.299 e. The first kappa shape index (κ1) is 14.3. The number of rotatable bonds is 5. The molecule has 104 valence electrons. The summed E-state index contributed by atoms with van der Waals surface area (Å²) in [5.74, 6) is 1.78. The van der Waals surface area contributed by atoms with Crippen molar-refractivity contribution < 1.29 is 4.79 Å². The number of ketones is 1. The molecule has 1 aromatic carbocycles. The average Bonchev–Trinajstić information content (AvgIpc) is 2.49. The van der Waals surface area contributed by atoms with Crippen LogP contribution >= 0.6 is 0 Å². The third-order valence-corrected chi connectivity index (χ3v) is 4.78. The Hall–Kier alpha value is -1.11. The first-order valence-corrected chi connectivity index (χ1v) is 7.84. The minimum atomic E-state index is 0.115. The van der Waals surface area contributed by atoms with Crippen LogP contribution in [-0.4, -0.2) is 5.78 Å². The van der Waals surface area contributed by atoms with Crippen LogP contribution in [-0.2, 0) is 4.79 Å². The number of hydrogen-bond acceptors (Lipinski definition) is 1. The zero-order valence-electron chi connectivity index (χ0n) is 12.3. The molecule has 0 aromatic heterocycles. The molecule has 0 spiro atoms. The van der Waals surface area contributed by atoms with E-state index in [0.29, 0.717) is 11.7 Å². The molecule has 0 radical (unpaired) electrons. The summed E-state index contributed by atoms with van der Waals surface area (Å²) >= 11 is 0. The third kappa shape index (κ3) is 3.46. The van der Waals surface area contributed by atoms with Crippen LogP contribution in [0.4, 0.5) is 0 Å². The van der Waals surface area contributed by atoms with Crippen LogP contribution in [0.2, 0.25) is 0 Å². The van der Waals surface area contributed by atoms with Crippen molar-refractivity contribution in [3.05, 3.63) is 35.9 Å². The largest absolute Gasteiger partial charge is 0.299 e. The summed E-state index contributed by atoms with van der Waals surface area (Å²) in [5, 5.41) is 0. The van der Waals surface area contributed by atoms with Crippen molar-refractivity contribution in [1.29, 1.82) is 0 Å². The van der Waals surface area contributed by atoms with Crippen molar-refractivity contribution in [3.8, 4) is 0 Å². The molecule has 1 fully saturated rings. The molecular weight excluding hydrogens is 232 g/mol. The van der Waals surface area contributed by atoms with Gasteiger partial charge in [0.05, 0.1) is 0 Å². The standard InChI is InChI=1S/C18H26O/c1-3-14-10-12-16(13-11-14)18(19)17(4-2)15-8-6-5-7-9-15/h5-9,14,16-17H,3-4,10-13H2,1-2H3. The predicted octanol–water partition coefficient (Wildman–Crippen LogP) is 4.97. The summed E-state index contributed by atoms with van der Waals surface area (Å²) in [7, 11) is 0. The molecule has 0 saturated heterocycles. The smallest absolute Gasteiger partial charge is 0.143 e. The van der Waals surface area contributed by atoms with Crippen molar-refractivity contribution in [2.45, 2.75) is 58.3 Å². The van der Waals surface area contributed by atoms with E-state index in [1.165, 1.54) is 24.8 Å². The Bertz CT molecular complexity index is 387. The molecule has 1 aromatic rings. The molecule has 1 unspecified atom stereocenters. The van der Waals surface area contributed by atoms with Crippen molar-refractivity contribution in [1.82, 2.24) is 0 Å². The summed E-state index contributed by atoms with van der Waals surface area (Å²) in [4.78, 5) is 12.7. The summed E-state index contributed by atoms with van der Waals surface area (Å²) in [6.45, 7) is 4.40. The van der Waals surface area contributed by atoms with E-state index in [9.17, 15) is 4.79 Å². The van der Waals surface area contributed by atoms with Crippen LogP contribution in [0.15, 0.2) is 30.3 Å². The van der Waals surface area contributed by atoms with E-state index in [1.54, 1.807) is 0 Å². The highest BCUT2D eigenvalue weighted by atomic mass is 16.1. The predicted molar refractivity (Wildman–Crippen MR) is 80.2 cm³/mol. The molecular formula is C18H26O. The fourth-order valence-electron chi connectivity index (χ4n) is 3.43. The molecule has 0 aliphatic heterocycles. The fraction of sp³-hybridized carbons (Fsp3) is 0.611. The zero-order chi connectivity index (χ0) is 13.7. The molecule has 1 nitrogen and oxygen atoms in total. The van der Waals surface area contributed by atoms with E-state index in [0.717, 1.165) is 25.2 Å². The van der Waals surface area contributed by atoms with E-state index >= 15 is 0 Å². The lowest BCUT2D eigenvalue weighted by molar-refractivity contribution is -0.125. The Balaban J connectivity index is 2.02. The molecule has 0 bridgehead atoms. The number of carbonyl (C=O) groups excluding carboxylic acids is 1. The van der Waals surface area contributed by atoms with Crippen LogP contribution in [0.25, 0.3) is 0 Å². The third-order valence-electron chi connectivity index (χ3n) is 4.78. The van der Waals surface area contributed by atoms with Gasteiger partial charge >= 0.3 is 0 Å². The van der Waals surface area contributed by atoms with Crippen LogP contribution in [0.5, 0.6) is 0 Å². The van der Waals surface area contributed by atoms with E-state index < -0.39 is 0 Å². The molecule has 1 saturated carbocycles. The highest BCUT2D eigenvalue weighted by molar-refractivity contribution is 5.87. The molecule has 1 aliphatic carbocycles. The van der Waals surface area contributed by atoms with E-state index in [2.05, 4.69) is 26.0 Å². The number of hydrogen-bond donors (Lipinski definition) is 0. The second kappa shape index (κ2) is 6.88. The van der Waals surface area contributed by atoms with Crippen molar-refractivity contribution in [2.75, 3.05) is 0 Å². The van der Waals surface area contributed by atoms with Gasteiger partial charge in [-0.1, -0.05) is 50.6 Å². The topological polar surface area (TPSA) is 17.1 Å². The molecule has 1 atom stereocenters. The Kier molecular flexibility index (Phi) is 5.18. The van der Waals surface area contributed by atoms with Gasteiger partial charge in [0.25, 0.3) is 0 Å². The lowest BCUT2D eigenvalue weighted by atomic mass is 9.75. The Labute approximate surface area is 117 Å². The minimum absolute atomic E-state index is 0.115. The van der Waals surface area contributed by atoms with E-state index in [1.807, 2.05) is 18.2 Å². The van der Waals surface area contributed by atoms with Gasteiger partial charge in [0.1, 0.15) is 5.78 Å². The van der Waals surface area contributed by atoms with Crippen molar-refractivity contribution in [2.24, 2.45) is 11.8 Å². The monoisotopic (exact) mass is 258 g/mol. The first-order chi connectivity index (χ1) is 9.26. The normalized spacial score (nSPS) is 24.9. The van der Waals surface area contributed by atoms with Crippen LogP contribution in [0.3, 0.4) is 0 Å². The number of benzene rings is 1. The average molecular weight is 258 g/mol. The van der Waals surface area contributed by atoms with Gasteiger partial charge in [-0.3, -0.25) is 4.79 Å². The van der Waals surface area contributed by atoms with E-state index in [4.69, 9.17) is 0 Å². The zero-order valence-corrected chi connectivity index (χ0v) is 12.3. The van der Waals surface area contributed by atoms with Gasteiger partial charge in [-0.25, -0.2) is 0 Å². The van der Waals surface area contributed by atoms with Gasteiger partial charge in [-0.05, 0) is 43.6 Å². The van der Waals surface area contributed by atoms with Crippen molar-refractivity contribution >= 4 is 5.78 Å². The lowest BCUT2D eigenvalue weighted by Gasteiger charge is -2.29. The Morgan fingerprint density at radius 2 is 1.74 bits per heavy atom. The molecule has 0 heterocycles. The van der Waals surface area contributed by atoms with Gasteiger partial charge in [-0.2, -0.15) is 0 Å². The van der Waals surface area contributed by atoms with Gasteiger partial charge in [0.2, 0.25) is 0 Å². The number of carbonyl (C=O) groups is 1. The first-order valence-electron chi connectivity index (χ1n) is 7.84. The molecule has 0 N–H and O–H groups in total. The maximum absolute atomic E-state index is 12.7. The SMILES string of the molecule is CCC1CCC(C(=O)C(CC)c2ccccc2)CC1. The summed E-state index contributed by atoms with van der Waals surface area (Å²) in [6, 6.07) is 10.3. The molecule has 19 heavy (non-hydrogen) atoms. The molecule has 0 amide bonds. The van der Waals surface area contributed by atoms with Gasteiger partial charge in [0.15, 0.2) is 0 Å². The van der Waals surface area contributed by atoms with Crippen LogP contribution in [0, 0.1) is 11.8 Å². The fourth-order valence-corrected chi connectivity index (χ4v) is 3.43. The highest BCUT2D eigenvalue weighted by Crippen LogP contribution is 2.35. The summed E-state index contributed by atoms with van der Waals surface area (Å²) in [6.07, 6.45) is 6.92. The van der Waals surface area contributed by atoms with Crippen molar-refractivity contribution in [3.63, 3.8) is 0 Å². The number of Topliss-reactive ketones (excluding diaryl/α,β-unsaturated/α-hetero) is 1. The maximum Gasteiger partial charge on any atom is 0.143 e. The second-order valence-electron chi connectivity index (χ2n) is 5.90. The highest BCUT2D eigenvalue weighted by Gasteiger charge is 2.30. The summed E-state index contributed by atoms with van der Waals surface area (Å²) in [5.41, 5.74) is 1.20. The second-order valence-corrected chi connectivity index (χ2v) is 5.90. The Morgan fingerprint density at radius 3 is 2.26 bits per heavy atom. The molecule has 1 heteroatoms. The molecule has 2 rings (SSSR count). The van der Waals surface area contributed by atoms with Gasteiger partial charge in [-0.15, -0.1) is 0 Å². The van der Waals surface area contributed by atoms with Gasteiger partial charge < -0.3 is 0 Å². The lowest BCUT2D eigenvalue weighted by Crippen LogP contribution is -2.26. The van der Waals surface area contributed by atoms with Crippen LogP contribution in [0.1, 0.15) is 63.9 Å². The summed E-state index contributed by atoms with van der Waals surface area (Å²) < 4.78 is 0. The maximum atomic E-state index is 12.7. The van der Waals surface area contributed by atoms with Gasteiger partial charge in [0, 0.05) is 11.8 Å². The Morgan fingerprint density at radius 1 is 1.11 bits per heavy atom.